The molecule has 0 bridgehead atoms. The van der Waals surface area contributed by atoms with Crippen LogP contribution in [0.1, 0.15) is 16.8 Å². The zero-order valence-electron chi connectivity index (χ0n) is 11.2. The molecule has 6 heteroatoms. The van der Waals surface area contributed by atoms with Crippen molar-refractivity contribution in [2.75, 3.05) is 19.5 Å². The van der Waals surface area contributed by atoms with E-state index in [-0.39, 0.29) is 5.97 Å². The van der Waals surface area contributed by atoms with Gasteiger partial charge >= 0.3 is 5.97 Å². The minimum atomic E-state index is -0.341. The number of hydrogen-bond acceptors (Lipinski definition) is 5. The van der Waals surface area contributed by atoms with Crippen LogP contribution in [0.15, 0.2) is 41.8 Å². The van der Waals surface area contributed by atoms with Crippen LogP contribution in [0.2, 0.25) is 0 Å². The lowest BCUT2D eigenvalue weighted by atomic mass is 10.2. The Kier molecular flexibility index (Phi) is 5.49. The second-order valence-corrected chi connectivity index (χ2v) is 5.04. The maximum atomic E-state index is 11.3. The summed E-state index contributed by atoms with van der Waals surface area (Å²) < 4.78 is 10.2. The molecule has 1 aromatic carbocycles. The summed E-state index contributed by atoms with van der Waals surface area (Å²) in [5.74, 6) is 1.35. The molecule has 1 heterocycles. The number of esters is 1. The van der Waals surface area contributed by atoms with Gasteiger partial charge in [0.05, 0.1) is 19.3 Å². The largest absolute Gasteiger partial charge is 0.494 e. The average molecular weight is 292 g/mol. The first-order valence-corrected chi connectivity index (χ1v) is 7.21. The van der Waals surface area contributed by atoms with Gasteiger partial charge in [-0.15, -0.1) is 0 Å². The fourth-order valence-electron chi connectivity index (χ4n) is 1.55. The standard InChI is InChI=1S/C14H16N2O3S/c1-18-13(17)11-3-5-12(6-4-11)19-9-2-10-20-14-15-7-8-16-14/h3-8H,2,9-10H2,1H3,(H,15,16). The summed E-state index contributed by atoms with van der Waals surface area (Å²) in [7, 11) is 1.36. The van der Waals surface area contributed by atoms with Crippen LogP contribution in [0.3, 0.4) is 0 Å². The lowest BCUT2D eigenvalue weighted by molar-refractivity contribution is 0.0600. The third kappa shape index (κ3) is 4.31. The molecule has 2 rings (SSSR count). The quantitative estimate of drug-likeness (QED) is 0.483. The summed E-state index contributed by atoms with van der Waals surface area (Å²) in [5.41, 5.74) is 0.522. The second-order valence-electron chi connectivity index (χ2n) is 3.96. The van der Waals surface area contributed by atoms with Crippen LogP contribution in [0.25, 0.3) is 0 Å². The van der Waals surface area contributed by atoms with Gasteiger partial charge in [0.15, 0.2) is 5.16 Å². The van der Waals surface area contributed by atoms with E-state index < -0.39 is 0 Å². The highest BCUT2D eigenvalue weighted by Gasteiger charge is 2.04. The van der Waals surface area contributed by atoms with E-state index in [0.29, 0.717) is 12.2 Å². The molecule has 0 saturated heterocycles. The molecule has 5 nitrogen and oxygen atoms in total. The molecule has 106 valence electrons. The van der Waals surface area contributed by atoms with E-state index in [1.807, 2.05) is 6.20 Å². The van der Waals surface area contributed by atoms with Crippen molar-refractivity contribution >= 4 is 17.7 Å². The molecular weight excluding hydrogens is 276 g/mol. The van der Waals surface area contributed by atoms with Crippen LogP contribution in [0.4, 0.5) is 0 Å². The Morgan fingerprint density at radius 1 is 1.35 bits per heavy atom. The number of nitrogens with zero attached hydrogens (tertiary/aromatic N) is 1. The van der Waals surface area contributed by atoms with Gasteiger partial charge in [-0.05, 0) is 30.7 Å². The molecule has 1 aromatic heterocycles. The molecule has 0 amide bonds. The minimum Gasteiger partial charge on any atom is -0.494 e. The second kappa shape index (κ2) is 7.59. The van der Waals surface area contributed by atoms with Gasteiger partial charge in [0.1, 0.15) is 5.75 Å². The fraction of sp³-hybridized carbons (Fsp3) is 0.286. The summed E-state index contributed by atoms with van der Waals surface area (Å²) >= 11 is 1.66. The predicted molar refractivity (Wildman–Crippen MR) is 77.2 cm³/mol. The third-order valence-corrected chi connectivity index (χ3v) is 3.53. The van der Waals surface area contributed by atoms with E-state index in [1.165, 1.54) is 7.11 Å². The monoisotopic (exact) mass is 292 g/mol. The minimum absolute atomic E-state index is 0.341. The molecule has 0 spiro atoms. The molecule has 0 unspecified atom stereocenters. The number of benzene rings is 1. The summed E-state index contributed by atoms with van der Waals surface area (Å²) in [5, 5.41) is 0.924. The maximum Gasteiger partial charge on any atom is 0.337 e. The van der Waals surface area contributed by atoms with Gasteiger partial charge in [-0.25, -0.2) is 9.78 Å². The molecule has 0 radical (unpaired) electrons. The molecule has 0 fully saturated rings. The van der Waals surface area contributed by atoms with Gasteiger partial charge < -0.3 is 14.5 Å². The number of carbonyl (C=O) groups excluding carboxylic acids is 1. The topological polar surface area (TPSA) is 64.2 Å². The van der Waals surface area contributed by atoms with Crippen molar-refractivity contribution < 1.29 is 14.3 Å². The van der Waals surface area contributed by atoms with E-state index in [1.54, 1.807) is 42.2 Å². The van der Waals surface area contributed by atoms with Crippen molar-refractivity contribution in [2.45, 2.75) is 11.6 Å². The Morgan fingerprint density at radius 3 is 2.80 bits per heavy atom. The van der Waals surface area contributed by atoms with Crippen molar-refractivity contribution in [2.24, 2.45) is 0 Å². The zero-order chi connectivity index (χ0) is 14.2. The van der Waals surface area contributed by atoms with Gasteiger partial charge in [-0.1, -0.05) is 11.8 Å². The number of H-pyrrole nitrogens is 1. The number of methoxy groups -OCH3 is 1. The first kappa shape index (κ1) is 14.5. The normalized spacial score (nSPS) is 10.2. The zero-order valence-corrected chi connectivity index (χ0v) is 12.0. The van der Waals surface area contributed by atoms with Crippen LogP contribution >= 0.6 is 11.8 Å². The average Bonchev–Trinajstić information content (AvgIpc) is 3.00. The molecule has 0 atom stereocenters. The number of imidazole rings is 1. The Bertz CT molecular complexity index is 526. The van der Waals surface area contributed by atoms with Crippen LogP contribution in [-0.4, -0.2) is 35.4 Å². The number of nitrogens with one attached hydrogen (secondary N) is 1. The molecule has 0 aliphatic heterocycles. The Morgan fingerprint density at radius 2 is 2.15 bits per heavy atom. The number of aromatic amines is 1. The van der Waals surface area contributed by atoms with Gasteiger partial charge in [-0.3, -0.25) is 0 Å². The van der Waals surface area contributed by atoms with Crippen LogP contribution in [-0.2, 0) is 4.74 Å². The Labute approximate surface area is 121 Å². The predicted octanol–water partition coefficient (Wildman–Crippen LogP) is 2.76. The number of carbonyl (C=O) groups is 1. The molecule has 2 aromatic rings. The van der Waals surface area contributed by atoms with Crippen molar-refractivity contribution in [3.63, 3.8) is 0 Å². The van der Waals surface area contributed by atoms with E-state index in [2.05, 4.69) is 14.7 Å². The number of hydrogen-bond donors (Lipinski definition) is 1. The molecule has 1 N–H and O–H groups in total. The summed E-state index contributed by atoms with van der Waals surface area (Å²) in [6.07, 6.45) is 4.47. The van der Waals surface area contributed by atoms with E-state index in [0.717, 1.165) is 23.1 Å². The number of ether oxygens (including phenoxy) is 2. The first-order chi connectivity index (χ1) is 9.79. The van der Waals surface area contributed by atoms with Gasteiger partial charge in [-0.2, -0.15) is 0 Å². The molecule has 0 saturated carbocycles. The van der Waals surface area contributed by atoms with Gasteiger partial charge in [0.2, 0.25) is 0 Å². The van der Waals surface area contributed by atoms with Crippen molar-refractivity contribution in [1.82, 2.24) is 9.97 Å². The van der Waals surface area contributed by atoms with Gasteiger partial charge in [0.25, 0.3) is 0 Å². The van der Waals surface area contributed by atoms with Crippen LogP contribution in [0.5, 0.6) is 5.75 Å². The van der Waals surface area contributed by atoms with E-state index >= 15 is 0 Å². The van der Waals surface area contributed by atoms with Crippen molar-refractivity contribution in [3.05, 3.63) is 42.2 Å². The summed E-state index contributed by atoms with van der Waals surface area (Å²) in [4.78, 5) is 18.4. The highest BCUT2D eigenvalue weighted by molar-refractivity contribution is 7.99. The molecule has 20 heavy (non-hydrogen) atoms. The molecule has 0 aliphatic carbocycles. The summed E-state index contributed by atoms with van der Waals surface area (Å²) in [6.45, 7) is 0.630. The highest BCUT2D eigenvalue weighted by atomic mass is 32.2. The van der Waals surface area contributed by atoms with E-state index in [4.69, 9.17) is 4.74 Å². The Hall–Kier alpha value is -1.95. The van der Waals surface area contributed by atoms with E-state index in [9.17, 15) is 4.79 Å². The highest BCUT2D eigenvalue weighted by Crippen LogP contribution is 2.15. The Balaban J connectivity index is 1.67. The lowest BCUT2D eigenvalue weighted by Gasteiger charge is -2.06. The van der Waals surface area contributed by atoms with Crippen LogP contribution < -0.4 is 4.74 Å². The number of thioether (sulfide) groups is 1. The molecule has 0 aliphatic rings. The first-order valence-electron chi connectivity index (χ1n) is 6.23. The van der Waals surface area contributed by atoms with Gasteiger partial charge in [0, 0.05) is 18.1 Å². The smallest absolute Gasteiger partial charge is 0.337 e. The fourth-order valence-corrected chi connectivity index (χ4v) is 2.29. The third-order valence-electron chi connectivity index (χ3n) is 2.54. The number of rotatable bonds is 7. The van der Waals surface area contributed by atoms with Crippen molar-refractivity contribution in [1.29, 1.82) is 0 Å². The van der Waals surface area contributed by atoms with Crippen LogP contribution in [0, 0.1) is 0 Å². The summed E-state index contributed by atoms with van der Waals surface area (Å²) in [6, 6.07) is 6.93. The van der Waals surface area contributed by atoms with Crippen molar-refractivity contribution in [3.8, 4) is 5.75 Å². The molecular formula is C14H16N2O3S. The SMILES string of the molecule is COC(=O)c1ccc(OCCCSc2ncc[nH]2)cc1. The lowest BCUT2D eigenvalue weighted by Crippen LogP contribution is -2.02. The number of aromatic nitrogens is 2. The maximum absolute atomic E-state index is 11.3.